The summed E-state index contributed by atoms with van der Waals surface area (Å²) in [6, 6.07) is 7.43. The van der Waals surface area contributed by atoms with E-state index in [1.54, 1.807) is 12.1 Å². The van der Waals surface area contributed by atoms with Crippen LogP contribution in [0.25, 0.3) is 0 Å². The van der Waals surface area contributed by atoms with Gasteiger partial charge in [0.25, 0.3) is 0 Å². The van der Waals surface area contributed by atoms with E-state index in [9.17, 15) is 8.42 Å². The fourth-order valence-corrected chi connectivity index (χ4v) is 3.11. The number of benzene rings is 1. The van der Waals surface area contributed by atoms with Gasteiger partial charge in [0.1, 0.15) is 0 Å². The van der Waals surface area contributed by atoms with E-state index in [1.165, 1.54) is 0 Å². The molecule has 0 amide bonds. The quantitative estimate of drug-likeness (QED) is 0.813. The molecule has 0 bridgehead atoms. The predicted molar refractivity (Wildman–Crippen MR) is 85.4 cm³/mol. The van der Waals surface area contributed by atoms with Gasteiger partial charge in [0.15, 0.2) is 0 Å². The van der Waals surface area contributed by atoms with E-state index >= 15 is 0 Å². The van der Waals surface area contributed by atoms with Gasteiger partial charge in [-0.15, -0.1) is 0 Å². The Morgan fingerprint density at radius 3 is 2.20 bits per heavy atom. The number of rotatable bonds is 7. The first kappa shape index (κ1) is 17.0. The van der Waals surface area contributed by atoms with Crippen molar-refractivity contribution in [2.24, 2.45) is 11.7 Å². The molecule has 1 rings (SSSR count). The smallest absolute Gasteiger partial charge is 0.232 e. The summed E-state index contributed by atoms with van der Waals surface area (Å²) in [4.78, 5) is 0. The van der Waals surface area contributed by atoms with Crippen LogP contribution in [0.4, 0.5) is 5.69 Å². The minimum absolute atomic E-state index is 0.102. The zero-order valence-corrected chi connectivity index (χ0v) is 13.6. The molecular formula is C15H26N2O2S. The highest BCUT2D eigenvalue weighted by Crippen LogP contribution is 2.23. The van der Waals surface area contributed by atoms with Crippen molar-refractivity contribution in [3.05, 3.63) is 29.8 Å². The van der Waals surface area contributed by atoms with E-state index in [0.717, 1.165) is 5.56 Å². The van der Waals surface area contributed by atoms with Crippen molar-refractivity contribution in [3.63, 3.8) is 0 Å². The summed E-state index contributed by atoms with van der Waals surface area (Å²) >= 11 is 0. The summed E-state index contributed by atoms with van der Waals surface area (Å²) in [5, 5.41) is 0. The Labute approximate surface area is 122 Å². The molecule has 1 aromatic carbocycles. The highest BCUT2D eigenvalue weighted by molar-refractivity contribution is 7.92. The summed E-state index contributed by atoms with van der Waals surface area (Å²) in [5.74, 6) is 0.528. The van der Waals surface area contributed by atoms with E-state index in [-0.39, 0.29) is 11.2 Å². The molecule has 0 radical (unpaired) electrons. The molecule has 114 valence electrons. The van der Waals surface area contributed by atoms with Crippen molar-refractivity contribution < 1.29 is 8.42 Å². The Morgan fingerprint density at radius 1 is 1.20 bits per heavy atom. The molecule has 0 atom stereocenters. The van der Waals surface area contributed by atoms with E-state index in [1.807, 2.05) is 26.0 Å². The minimum Gasteiger partial charge on any atom is -0.330 e. The summed E-state index contributed by atoms with van der Waals surface area (Å²) in [6.45, 7) is 8.70. The third-order valence-electron chi connectivity index (χ3n) is 3.41. The third kappa shape index (κ3) is 5.13. The molecule has 1 aromatic rings. The fourth-order valence-electron chi connectivity index (χ4n) is 1.73. The van der Waals surface area contributed by atoms with E-state index in [0.29, 0.717) is 24.6 Å². The Hall–Kier alpha value is -1.07. The summed E-state index contributed by atoms with van der Waals surface area (Å²) in [5.41, 5.74) is 7.34. The molecule has 3 N–H and O–H groups in total. The van der Waals surface area contributed by atoms with Crippen LogP contribution in [0.15, 0.2) is 24.3 Å². The molecule has 0 aliphatic carbocycles. The number of hydrogen-bond donors (Lipinski definition) is 2. The van der Waals surface area contributed by atoms with Crippen LogP contribution >= 0.6 is 0 Å². The zero-order chi connectivity index (χ0) is 15.4. The standard InChI is InChI=1S/C15H26N2O2S/c1-12(2)9-10-20(18,19)17-14-7-5-13(6-8-14)15(3,4)11-16/h5-8,12,17H,9-11,16H2,1-4H3. The Morgan fingerprint density at radius 2 is 1.75 bits per heavy atom. The number of anilines is 1. The SMILES string of the molecule is CC(C)CCS(=O)(=O)Nc1ccc(C(C)(C)CN)cc1. The molecule has 4 nitrogen and oxygen atoms in total. The molecule has 0 aliphatic rings. The van der Waals surface area contributed by atoms with Crippen LogP contribution in [0.3, 0.4) is 0 Å². The average Bonchev–Trinajstić information content (AvgIpc) is 2.37. The maximum atomic E-state index is 11.9. The highest BCUT2D eigenvalue weighted by Gasteiger charge is 2.18. The fraction of sp³-hybridized carbons (Fsp3) is 0.600. The lowest BCUT2D eigenvalue weighted by Gasteiger charge is -2.23. The van der Waals surface area contributed by atoms with Gasteiger partial charge >= 0.3 is 0 Å². The lowest BCUT2D eigenvalue weighted by molar-refractivity contribution is 0.539. The van der Waals surface area contributed by atoms with Crippen LogP contribution in [-0.4, -0.2) is 20.7 Å². The molecule has 0 saturated carbocycles. The monoisotopic (exact) mass is 298 g/mol. The summed E-state index contributed by atoms with van der Waals surface area (Å²) in [7, 11) is -3.26. The van der Waals surface area contributed by atoms with Crippen LogP contribution in [0.2, 0.25) is 0 Å². The Kier molecular flexibility index (Phi) is 5.59. The first-order valence-electron chi connectivity index (χ1n) is 6.97. The summed E-state index contributed by atoms with van der Waals surface area (Å²) in [6.07, 6.45) is 0.660. The van der Waals surface area contributed by atoms with E-state index in [2.05, 4.69) is 18.6 Å². The normalized spacial score (nSPS) is 12.7. The van der Waals surface area contributed by atoms with Gasteiger partial charge in [-0.05, 0) is 30.0 Å². The molecule has 0 aromatic heterocycles. The number of nitrogens with two attached hydrogens (primary N) is 1. The Balaban J connectivity index is 2.75. The van der Waals surface area contributed by atoms with Gasteiger partial charge < -0.3 is 5.73 Å². The largest absolute Gasteiger partial charge is 0.330 e. The van der Waals surface area contributed by atoms with Gasteiger partial charge in [-0.2, -0.15) is 0 Å². The molecule has 0 unspecified atom stereocenters. The van der Waals surface area contributed by atoms with Crippen LogP contribution in [0.1, 0.15) is 39.7 Å². The van der Waals surface area contributed by atoms with Crippen LogP contribution in [0, 0.1) is 5.92 Å². The number of sulfonamides is 1. The first-order valence-corrected chi connectivity index (χ1v) is 8.62. The first-order chi connectivity index (χ1) is 9.16. The molecule has 5 heteroatoms. The van der Waals surface area contributed by atoms with Crippen LogP contribution < -0.4 is 10.5 Å². The molecule has 0 aliphatic heterocycles. The average molecular weight is 298 g/mol. The summed E-state index contributed by atoms with van der Waals surface area (Å²) < 4.78 is 26.4. The molecular weight excluding hydrogens is 272 g/mol. The van der Waals surface area contributed by atoms with Crippen LogP contribution in [0.5, 0.6) is 0 Å². The second-order valence-electron chi connectivity index (χ2n) is 6.27. The molecule has 0 fully saturated rings. The van der Waals surface area contributed by atoms with Gasteiger partial charge in [0.2, 0.25) is 10.0 Å². The van der Waals surface area contributed by atoms with E-state index < -0.39 is 10.0 Å². The number of hydrogen-bond acceptors (Lipinski definition) is 3. The number of nitrogens with one attached hydrogen (secondary N) is 1. The van der Waals surface area contributed by atoms with Crippen molar-refractivity contribution in [1.29, 1.82) is 0 Å². The maximum absolute atomic E-state index is 11.9. The van der Waals surface area contributed by atoms with Crippen molar-refractivity contribution in [2.75, 3.05) is 17.0 Å². The zero-order valence-electron chi connectivity index (χ0n) is 12.8. The minimum atomic E-state index is -3.26. The van der Waals surface area contributed by atoms with Crippen molar-refractivity contribution in [2.45, 2.75) is 39.5 Å². The lowest BCUT2D eigenvalue weighted by Crippen LogP contribution is -2.28. The van der Waals surface area contributed by atoms with Gasteiger partial charge in [-0.3, -0.25) is 4.72 Å². The predicted octanol–water partition coefficient (Wildman–Crippen LogP) is 2.71. The van der Waals surface area contributed by atoms with Crippen molar-refractivity contribution >= 4 is 15.7 Å². The lowest BCUT2D eigenvalue weighted by atomic mass is 9.85. The topological polar surface area (TPSA) is 72.2 Å². The Bertz CT molecular complexity index is 519. The maximum Gasteiger partial charge on any atom is 0.232 e. The molecule has 0 saturated heterocycles. The van der Waals surface area contributed by atoms with Crippen molar-refractivity contribution in [1.82, 2.24) is 0 Å². The van der Waals surface area contributed by atoms with Crippen molar-refractivity contribution in [3.8, 4) is 0 Å². The van der Waals surface area contributed by atoms with Gasteiger partial charge in [-0.25, -0.2) is 8.42 Å². The second kappa shape index (κ2) is 6.59. The van der Waals surface area contributed by atoms with E-state index in [4.69, 9.17) is 5.73 Å². The van der Waals surface area contributed by atoms with Gasteiger partial charge in [0, 0.05) is 17.6 Å². The second-order valence-corrected chi connectivity index (χ2v) is 8.11. The molecule has 0 spiro atoms. The molecule has 20 heavy (non-hydrogen) atoms. The van der Waals surface area contributed by atoms with Crippen LogP contribution in [-0.2, 0) is 15.4 Å². The highest BCUT2D eigenvalue weighted by atomic mass is 32.2. The van der Waals surface area contributed by atoms with Gasteiger partial charge in [-0.1, -0.05) is 39.8 Å². The third-order valence-corrected chi connectivity index (χ3v) is 4.73. The van der Waals surface area contributed by atoms with Gasteiger partial charge in [0.05, 0.1) is 5.75 Å². The molecule has 0 heterocycles.